The van der Waals surface area contributed by atoms with E-state index in [2.05, 4.69) is 15.0 Å². The van der Waals surface area contributed by atoms with E-state index >= 15 is 0 Å². The van der Waals surface area contributed by atoms with Gasteiger partial charge in [0.2, 0.25) is 0 Å². The van der Waals surface area contributed by atoms with Gasteiger partial charge in [0, 0.05) is 29.0 Å². The molecule has 2 aromatic rings. The summed E-state index contributed by atoms with van der Waals surface area (Å²) < 4.78 is 4.67. The fourth-order valence-electron chi connectivity index (χ4n) is 1.86. The van der Waals surface area contributed by atoms with E-state index in [0.717, 1.165) is 22.3 Å². The Morgan fingerprint density at radius 3 is 2.95 bits per heavy atom. The van der Waals surface area contributed by atoms with Gasteiger partial charge < -0.3 is 21.5 Å². The molecule has 0 radical (unpaired) electrons. The van der Waals surface area contributed by atoms with Gasteiger partial charge in [-0.3, -0.25) is 4.98 Å². The van der Waals surface area contributed by atoms with Gasteiger partial charge in [-0.05, 0) is 31.2 Å². The third-order valence-electron chi connectivity index (χ3n) is 2.62. The minimum absolute atomic E-state index is 0.209. The van der Waals surface area contributed by atoms with E-state index in [4.69, 9.17) is 11.5 Å². The number of nitrogens with one attached hydrogen (secondary N) is 1. The first-order chi connectivity index (χ1) is 9.06. The molecule has 1 amide bonds. The number of anilines is 2. The Morgan fingerprint density at radius 2 is 2.21 bits per heavy atom. The molecule has 0 spiro atoms. The van der Waals surface area contributed by atoms with Crippen molar-refractivity contribution in [3.63, 3.8) is 0 Å². The minimum Gasteiger partial charge on any atom is -0.448 e. The van der Waals surface area contributed by atoms with Crippen LogP contribution in [0.4, 0.5) is 16.2 Å². The van der Waals surface area contributed by atoms with Gasteiger partial charge in [-0.1, -0.05) is 0 Å². The number of carbonyl (C=O) groups is 1. The molecule has 1 heterocycles. The summed E-state index contributed by atoms with van der Waals surface area (Å²) in [6, 6.07) is 7.47. The van der Waals surface area contributed by atoms with Crippen molar-refractivity contribution in [2.75, 3.05) is 24.2 Å². The third-order valence-corrected chi connectivity index (χ3v) is 2.62. The molecule has 6 heteroatoms. The SMILES string of the molecule is Cc1cc(NCCOC(N)=O)c2cc(N)ccc2n1. The Morgan fingerprint density at radius 1 is 1.42 bits per heavy atom. The molecule has 0 atom stereocenters. The van der Waals surface area contributed by atoms with Crippen LogP contribution in [-0.2, 0) is 4.74 Å². The number of aromatic nitrogens is 1. The molecule has 0 aliphatic carbocycles. The van der Waals surface area contributed by atoms with Gasteiger partial charge in [0.25, 0.3) is 0 Å². The largest absolute Gasteiger partial charge is 0.448 e. The van der Waals surface area contributed by atoms with E-state index in [0.29, 0.717) is 12.2 Å². The number of primary amides is 1. The molecule has 0 saturated heterocycles. The molecule has 19 heavy (non-hydrogen) atoms. The number of nitrogen functional groups attached to an aromatic ring is 1. The number of hydrogen-bond donors (Lipinski definition) is 3. The lowest BCUT2D eigenvalue weighted by molar-refractivity contribution is 0.161. The van der Waals surface area contributed by atoms with Crippen molar-refractivity contribution in [2.45, 2.75) is 6.92 Å². The third kappa shape index (κ3) is 3.25. The molecular weight excluding hydrogens is 244 g/mol. The molecule has 1 aromatic heterocycles. The van der Waals surface area contributed by atoms with Crippen molar-refractivity contribution in [3.8, 4) is 0 Å². The predicted octanol–water partition coefficient (Wildman–Crippen LogP) is 1.63. The average molecular weight is 260 g/mol. The van der Waals surface area contributed by atoms with Crippen LogP contribution in [0, 0.1) is 6.92 Å². The van der Waals surface area contributed by atoms with Crippen LogP contribution in [0.2, 0.25) is 0 Å². The standard InChI is InChI=1S/C13H16N4O2/c1-8-6-12(16-4-5-19-13(15)18)10-7-9(14)2-3-11(10)17-8/h2-3,6-7H,4-5,14H2,1H3,(H2,15,18)(H,16,17). The van der Waals surface area contributed by atoms with Crippen molar-refractivity contribution in [2.24, 2.45) is 5.73 Å². The topological polar surface area (TPSA) is 103 Å². The number of benzene rings is 1. The summed E-state index contributed by atoms with van der Waals surface area (Å²) in [4.78, 5) is 14.9. The zero-order chi connectivity index (χ0) is 13.8. The number of amides is 1. The molecule has 0 aliphatic heterocycles. The fraction of sp³-hybridized carbons (Fsp3) is 0.231. The molecule has 2 rings (SSSR count). The molecule has 0 aliphatic rings. The maximum absolute atomic E-state index is 10.5. The van der Waals surface area contributed by atoms with E-state index in [1.807, 2.05) is 31.2 Å². The van der Waals surface area contributed by atoms with Crippen molar-refractivity contribution in [1.29, 1.82) is 0 Å². The first-order valence-corrected chi connectivity index (χ1v) is 5.89. The lowest BCUT2D eigenvalue weighted by Crippen LogP contribution is -2.18. The maximum atomic E-state index is 10.5. The Kier molecular flexibility index (Phi) is 3.70. The highest BCUT2D eigenvalue weighted by atomic mass is 16.5. The van der Waals surface area contributed by atoms with Crippen molar-refractivity contribution in [1.82, 2.24) is 4.98 Å². The maximum Gasteiger partial charge on any atom is 0.404 e. The Labute approximate surface area is 110 Å². The van der Waals surface area contributed by atoms with Crippen molar-refractivity contribution >= 4 is 28.4 Å². The molecule has 0 fully saturated rings. The van der Waals surface area contributed by atoms with Crippen molar-refractivity contribution in [3.05, 3.63) is 30.0 Å². The summed E-state index contributed by atoms with van der Waals surface area (Å²) in [5, 5.41) is 4.12. The smallest absolute Gasteiger partial charge is 0.404 e. The predicted molar refractivity (Wildman–Crippen MR) is 74.9 cm³/mol. The number of carbonyl (C=O) groups excluding carboxylic acids is 1. The number of aryl methyl sites for hydroxylation is 1. The minimum atomic E-state index is -0.776. The van der Waals surface area contributed by atoms with Crippen LogP contribution in [-0.4, -0.2) is 24.2 Å². The van der Waals surface area contributed by atoms with Crippen LogP contribution >= 0.6 is 0 Å². The highest BCUT2D eigenvalue weighted by Gasteiger charge is 2.04. The second-order valence-corrected chi connectivity index (χ2v) is 4.18. The van der Waals surface area contributed by atoms with Crippen LogP contribution in [0.15, 0.2) is 24.3 Å². The first-order valence-electron chi connectivity index (χ1n) is 5.89. The number of hydrogen-bond acceptors (Lipinski definition) is 5. The summed E-state index contributed by atoms with van der Waals surface area (Å²) in [6.45, 7) is 2.59. The number of pyridine rings is 1. The van der Waals surface area contributed by atoms with E-state index < -0.39 is 6.09 Å². The van der Waals surface area contributed by atoms with Crippen molar-refractivity contribution < 1.29 is 9.53 Å². The monoisotopic (exact) mass is 260 g/mol. The quantitative estimate of drug-likeness (QED) is 0.572. The van der Waals surface area contributed by atoms with Crippen LogP contribution in [0.5, 0.6) is 0 Å². The number of fused-ring (bicyclic) bond motifs is 1. The molecule has 0 bridgehead atoms. The van der Waals surface area contributed by atoms with Gasteiger partial charge in [-0.15, -0.1) is 0 Å². The fourth-order valence-corrected chi connectivity index (χ4v) is 1.86. The average Bonchev–Trinajstić information content (AvgIpc) is 2.35. The van der Waals surface area contributed by atoms with Crippen LogP contribution in [0.25, 0.3) is 10.9 Å². The van der Waals surface area contributed by atoms with Gasteiger partial charge in [0.15, 0.2) is 0 Å². The Bertz CT molecular complexity index is 613. The van der Waals surface area contributed by atoms with Gasteiger partial charge >= 0.3 is 6.09 Å². The van der Waals surface area contributed by atoms with E-state index in [9.17, 15) is 4.79 Å². The molecule has 5 N–H and O–H groups in total. The lowest BCUT2D eigenvalue weighted by Gasteiger charge is -2.11. The molecule has 6 nitrogen and oxygen atoms in total. The normalized spacial score (nSPS) is 10.4. The summed E-state index contributed by atoms with van der Waals surface area (Å²) in [7, 11) is 0. The van der Waals surface area contributed by atoms with Gasteiger partial charge in [0.05, 0.1) is 5.52 Å². The molecule has 0 saturated carbocycles. The first kappa shape index (κ1) is 12.9. The van der Waals surface area contributed by atoms with Gasteiger partial charge in [-0.2, -0.15) is 0 Å². The molecule has 100 valence electrons. The number of nitrogens with zero attached hydrogens (tertiary/aromatic N) is 1. The highest BCUT2D eigenvalue weighted by molar-refractivity contribution is 5.93. The van der Waals surface area contributed by atoms with Crippen LogP contribution in [0.1, 0.15) is 5.69 Å². The second kappa shape index (κ2) is 5.43. The molecular formula is C13H16N4O2. The number of ether oxygens (including phenoxy) is 1. The zero-order valence-electron chi connectivity index (χ0n) is 10.6. The zero-order valence-corrected chi connectivity index (χ0v) is 10.6. The highest BCUT2D eigenvalue weighted by Crippen LogP contribution is 2.25. The van der Waals surface area contributed by atoms with E-state index in [-0.39, 0.29) is 6.61 Å². The Balaban J connectivity index is 2.21. The Hall–Kier alpha value is -2.50. The van der Waals surface area contributed by atoms with Gasteiger partial charge in [-0.25, -0.2) is 4.79 Å². The lowest BCUT2D eigenvalue weighted by atomic mass is 10.1. The summed E-state index contributed by atoms with van der Waals surface area (Å²) in [5.74, 6) is 0. The van der Waals surface area contributed by atoms with E-state index in [1.54, 1.807) is 0 Å². The van der Waals surface area contributed by atoms with Crippen LogP contribution < -0.4 is 16.8 Å². The summed E-state index contributed by atoms with van der Waals surface area (Å²) >= 11 is 0. The number of nitrogens with two attached hydrogens (primary N) is 2. The summed E-state index contributed by atoms with van der Waals surface area (Å²) in [6.07, 6.45) is -0.776. The molecule has 1 aromatic carbocycles. The second-order valence-electron chi connectivity index (χ2n) is 4.18. The van der Waals surface area contributed by atoms with Gasteiger partial charge in [0.1, 0.15) is 6.61 Å². The molecule has 0 unspecified atom stereocenters. The summed E-state index contributed by atoms with van der Waals surface area (Å²) in [5.41, 5.74) is 14.0. The number of rotatable bonds is 4. The van der Waals surface area contributed by atoms with Crippen LogP contribution in [0.3, 0.4) is 0 Å². The van der Waals surface area contributed by atoms with E-state index in [1.165, 1.54) is 0 Å².